The fraction of sp³-hybridized carbons (Fsp3) is 0.333. The summed E-state index contributed by atoms with van der Waals surface area (Å²) in [6.07, 6.45) is 0. The summed E-state index contributed by atoms with van der Waals surface area (Å²) in [5.41, 5.74) is 6.19. The van der Waals surface area contributed by atoms with Gasteiger partial charge in [-0.1, -0.05) is 23.4 Å². The molecular formula is C12H14ClN5O2S. The molecule has 0 bridgehead atoms. The van der Waals surface area contributed by atoms with Gasteiger partial charge < -0.3 is 10.3 Å². The van der Waals surface area contributed by atoms with E-state index >= 15 is 0 Å². The van der Waals surface area contributed by atoms with Crippen LogP contribution in [0.3, 0.4) is 0 Å². The van der Waals surface area contributed by atoms with E-state index in [4.69, 9.17) is 17.3 Å². The van der Waals surface area contributed by atoms with Gasteiger partial charge in [0.05, 0.1) is 11.5 Å². The van der Waals surface area contributed by atoms with E-state index in [9.17, 15) is 10.1 Å². The lowest BCUT2D eigenvalue weighted by molar-refractivity contribution is -0.385. The summed E-state index contributed by atoms with van der Waals surface area (Å²) >= 11 is 7.18. The maximum Gasteiger partial charge on any atom is 0.274 e. The minimum atomic E-state index is -0.433. The van der Waals surface area contributed by atoms with E-state index in [2.05, 4.69) is 10.2 Å². The zero-order valence-corrected chi connectivity index (χ0v) is 12.9. The molecule has 0 atom stereocenters. The molecule has 0 saturated carbocycles. The number of halogens is 1. The zero-order valence-electron chi connectivity index (χ0n) is 11.3. The molecule has 0 saturated heterocycles. The molecule has 0 fully saturated rings. The molecule has 0 radical (unpaired) electrons. The van der Waals surface area contributed by atoms with E-state index in [1.807, 2.05) is 11.5 Å². The Morgan fingerprint density at radius 3 is 2.86 bits per heavy atom. The van der Waals surface area contributed by atoms with E-state index in [-0.39, 0.29) is 5.69 Å². The molecule has 1 heterocycles. The summed E-state index contributed by atoms with van der Waals surface area (Å²) in [4.78, 5) is 10.6. The van der Waals surface area contributed by atoms with Crippen LogP contribution in [-0.2, 0) is 18.8 Å². The molecule has 21 heavy (non-hydrogen) atoms. The third kappa shape index (κ3) is 3.52. The lowest BCUT2D eigenvalue weighted by atomic mass is 10.2. The Morgan fingerprint density at radius 2 is 2.24 bits per heavy atom. The van der Waals surface area contributed by atoms with Crippen molar-refractivity contribution in [1.29, 1.82) is 0 Å². The number of rotatable bonds is 6. The third-order valence-corrected chi connectivity index (χ3v) is 4.14. The van der Waals surface area contributed by atoms with E-state index < -0.39 is 4.92 Å². The fourth-order valence-corrected chi connectivity index (χ4v) is 3.05. The van der Waals surface area contributed by atoms with E-state index in [0.29, 0.717) is 40.4 Å². The Bertz CT molecular complexity index is 661. The van der Waals surface area contributed by atoms with Gasteiger partial charge in [0.15, 0.2) is 5.16 Å². The van der Waals surface area contributed by atoms with Crippen molar-refractivity contribution in [3.05, 3.63) is 44.7 Å². The average Bonchev–Trinajstić information content (AvgIpc) is 2.87. The van der Waals surface area contributed by atoms with Crippen LogP contribution in [-0.4, -0.2) is 19.7 Å². The van der Waals surface area contributed by atoms with Crippen molar-refractivity contribution in [3.8, 4) is 0 Å². The summed E-state index contributed by atoms with van der Waals surface area (Å²) < 4.78 is 1.90. The lowest BCUT2D eigenvalue weighted by Gasteiger charge is -2.06. The number of aromatic nitrogens is 3. The molecule has 0 spiro atoms. The molecule has 9 heteroatoms. The highest BCUT2D eigenvalue weighted by Gasteiger charge is 2.16. The van der Waals surface area contributed by atoms with Crippen LogP contribution >= 0.6 is 23.4 Å². The topological polar surface area (TPSA) is 99.9 Å². The minimum Gasteiger partial charge on any atom is -0.324 e. The van der Waals surface area contributed by atoms with Gasteiger partial charge in [0, 0.05) is 29.0 Å². The Morgan fingerprint density at radius 1 is 1.48 bits per heavy atom. The van der Waals surface area contributed by atoms with Gasteiger partial charge in [0.2, 0.25) is 0 Å². The molecule has 0 aliphatic heterocycles. The number of nitro benzene ring substituents is 1. The highest BCUT2D eigenvalue weighted by atomic mass is 35.5. The van der Waals surface area contributed by atoms with Crippen molar-refractivity contribution in [2.24, 2.45) is 5.73 Å². The van der Waals surface area contributed by atoms with Gasteiger partial charge >= 0.3 is 0 Å². The molecular weight excluding hydrogens is 314 g/mol. The first-order chi connectivity index (χ1) is 10.1. The highest BCUT2D eigenvalue weighted by molar-refractivity contribution is 7.98. The summed E-state index contributed by atoms with van der Waals surface area (Å²) in [6, 6.07) is 4.65. The Balaban J connectivity index is 2.20. The Kier molecular flexibility index (Phi) is 5.16. The van der Waals surface area contributed by atoms with Crippen molar-refractivity contribution in [2.45, 2.75) is 30.9 Å². The summed E-state index contributed by atoms with van der Waals surface area (Å²) in [6.45, 7) is 2.98. The molecule has 1 aromatic carbocycles. The maximum absolute atomic E-state index is 11.0. The quantitative estimate of drug-likeness (QED) is 0.497. The fourth-order valence-electron chi connectivity index (χ4n) is 1.87. The zero-order chi connectivity index (χ0) is 15.4. The summed E-state index contributed by atoms with van der Waals surface area (Å²) in [5, 5.41) is 20.2. The van der Waals surface area contributed by atoms with Crippen LogP contribution in [0, 0.1) is 10.1 Å². The lowest BCUT2D eigenvalue weighted by Crippen LogP contribution is -2.08. The largest absolute Gasteiger partial charge is 0.324 e. The molecule has 2 N–H and O–H groups in total. The Hall–Kier alpha value is -1.64. The number of hydrogen-bond acceptors (Lipinski definition) is 6. The van der Waals surface area contributed by atoms with Crippen LogP contribution in [0.5, 0.6) is 0 Å². The normalized spacial score (nSPS) is 10.8. The van der Waals surface area contributed by atoms with E-state index in [1.54, 1.807) is 12.1 Å². The van der Waals surface area contributed by atoms with Crippen LogP contribution in [0.2, 0.25) is 5.02 Å². The summed E-state index contributed by atoms with van der Waals surface area (Å²) in [7, 11) is 0. The monoisotopic (exact) mass is 327 g/mol. The minimum absolute atomic E-state index is 0.0108. The average molecular weight is 328 g/mol. The van der Waals surface area contributed by atoms with E-state index in [1.165, 1.54) is 17.8 Å². The van der Waals surface area contributed by atoms with Crippen molar-refractivity contribution in [1.82, 2.24) is 14.8 Å². The Labute approximate surface area is 130 Å². The number of hydrogen-bond donors (Lipinski definition) is 1. The van der Waals surface area contributed by atoms with Crippen LogP contribution in [0.25, 0.3) is 0 Å². The second-order valence-corrected chi connectivity index (χ2v) is 5.54. The molecule has 0 unspecified atom stereocenters. The summed E-state index contributed by atoms with van der Waals surface area (Å²) in [5.74, 6) is 1.11. The van der Waals surface area contributed by atoms with Crippen molar-refractivity contribution < 1.29 is 4.92 Å². The maximum atomic E-state index is 11.0. The molecule has 0 amide bonds. The SMILES string of the molecule is CCn1c(CN)nnc1SCc1ccc(Cl)cc1[N+](=O)[O-]. The first kappa shape index (κ1) is 15.7. The van der Waals surface area contributed by atoms with Gasteiger partial charge in [0.25, 0.3) is 5.69 Å². The van der Waals surface area contributed by atoms with Gasteiger partial charge in [0.1, 0.15) is 5.82 Å². The van der Waals surface area contributed by atoms with Crippen molar-refractivity contribution in [3.63, 3.8) is 0 Å². The molecule has 2 aromatic rings. The highest BCUT2D eigenvalue weighted by Crippen LogP contribution is 2.29. The first-order valence-corrected chi connectivity index (χ1v) is 7.61. The number of thioether (sulfide) groups is 1. The van der Waals surface area contributed by atoms with E-state index in [0.717, 1.165) is 0 Å². The molecule has 112 valence electrons. The van der Waals surface area contributed by atoms with Gasteiger partial charge in [-0.3, -0.25) is 10.1 Å². The van der Waals surface area contributed by atoms with Gasteiger partial charge in [-0.2, -0.15) is 0 Å². The van der Waals surface area contributed by atoms with Crippen LogP contribution in [0.1, 0.15) is 18.3 Å². The standard InChI is InChI=1S/C12H14ClN5O2S/c1-2-17-11(6-14)15-16-12(17)21-7-8-3-4-9(13)5-10(8)18(19)20/h3-5H,2,6-7,14H2,1H3. The van der Waals surface area contributed by atoms with Crippen molar-refractivity contribution >= 4 is 29.1 Å². The first-order valence-electron chi connectivity index (χ1n) is 6.24. The second kappa shape index (κ2) is 6.88. The number of nitrogens with zero attached hydrogens (tertiary/aromatic N) is 4. The van der Waals surface area contributed by atoms with Gasteiger partial charge in [-0.15, -0.1) is 10.2 Å². The molecule has 2 rings (SSSR count). The molecule has 0 aliphatic rings. The number of nitro groups is 1. The number of benzene rings is 1. The second-order valence-electron chi connectivity index (χ2n) is 4.17. The molecule has 7 nitrogen and oxygen atoms in total. The van der Waals surface area contributed by atoms with Crippen molar-refractivity contribution in [2.75, 3.05) is 0 Å². The third-order valence-electron chi connectivity index (χ3n) is 2.89. The van der Waals surface area contributed by atoms with Crippen LogP contribution < -0.4 is 5.73 Å². The van der Waals surface area contributed by atoms with Crippen LogP contribution in [0.15, 0.2) is 23.4 Å². The molecule has 0 aliphatic carbocycles. The predicted molar refractivity (Wildman–Crippen MR) is 81.3 cm³/mol. The number of nitrogens with two attached hydrogens (primary N) is 1. The van der Waals surface area contributed by atoms with Gasteiger partial charge in [-0.25, -0.2) is 0 Å². The molecule has 1 aromatic heterocycles. The smallest absolute Gasteiger partial charge is 0.274 e. The van der Waals surface area contributed by atoms with Gasteiger partial charge in [-0.05, 0) is 19.1 Å². The van der Waals surface area contributed by atoms with Crippen LogP contribution in [0.4, 0.5) is 5.69 Å². The predicted octanol–water partition coefficient (Wildman–Crippen LogP) is 2.61.